The highest BCUT2D eigenvalue weighted by Gasteiger charge is 2.19. The van der Waals surface area contributed by atoms with E-state index in [-0.39, 0.29) is 0 Å². The van der Waals surface area contributed by atoms with Crippen molar-refractivity contribution in [1.29, 1.82) is 0 Å². The summed E-state index contributed by atoms with van der Waals surface area (Å²) >= 11 is 0. The van der Waals surface area contributed by atoms with Crippen LogP contribution in [-0.2, 0) is 26.3 Å². The Morgan fingerprint density at radius 3 is 1.69 bits per heavy atom. The van der Waals surface area contributed by atoms with E-state index < -0.39 is 0 Å². The van der Waals surface area contributed by atoms with Crippen LogP contribution in [-0.4, -0.2) is 24.0 Å². The van der Waals surface area contributed by atoms with Crippen LogP contribution in [0.5, 0.6) is 11.5 Å². The first-order chi connectivity index (χ1) is 19.3. The third-order valence-corrected chi connectivity index (χ3v) is 6.91. The Kier molecular flexibility index (Phi) is 11.5. The van der Waals surface area contributed by atoms with Crippen molar-refractivity contribution in [3.8, 4) is 11.5 Å². The zero-order chi connectivity index (χ0) is 27.1. The number of hydrogen-bond donors (Lipinski definition) is 1. The average Bonchev–Trinajstić information content (AvgIpc) is 3.01. The van der Waals surface area contributed by atoms with Gasteiger partial charge in [-0.1, -0.05) is 111 Å². The van der Waals surface area contributed by atoms with Crippen LogP contribution in [0.4, 0.5) is 0 Å². The predicted molar refractivity (Wildman–Crippen MR) is 161 cm³/mol. The van der Waals surface area contributed by atoms with Gasteiger partial charge in [-0.05, 0) is 60.3 Å². The van der Waals surface area contributed by atoms with Crippen LogP contribution in [0.3, 0.4) is 0 Å². The van der Waals surface area contributed by atoms with Gasteiger partial charge in [-0.3, -0.25) is 4.90 Å². The van der Waals surface area contributed by atoms with E-state index in [9.17, 15) is 0 Å². The highest BCUT2D eigenvalue weighted by Crippen LogP contribution is 2.30. The maximum Gasteiger partial charge on any atom is 0.162 e. The van der Waals surface area contributed by atoms with Crippen LogP contribution in [0.25, 0.3) is 0 Å². The second-order valence-corrected chi connectivity index (χ2v) is 9.75. The van der Waals surface area contributed by atoms with E-state index in [1.54, 1.807) is 0 Å². The molecular weight excluding hydrogens is 480 g/mol. The lowest BCUT2D eigenvalue weighted by atomic mass is 10.0. The second-order valence-electron chi connectivity index (χ2n) is 9.75. The number of hydrogen-bond acceptors (Lipinski definition) is 4. The van der Waals surface area contributed by atoms with E-state index in [0.717, 1.165) is 48.8 Å². The molecule has 4 aromatic rings. The third kappa shape index (κ3) is 9.27. The largest absolute Gasteiger partial charge is 0.485 e. The Hall–Kier alpha value is -3.60. The minimum Gasteiger partial charge on any atom is -0.485 e. The molecule has 5 rings (SSSR count). The van der Waals surface area contributed by atoms with Crippen LogP contribution in [0, 0.1) is 0 Å². The van der Waals surface area contributed by atoms with Gasteiger partial charge in [-0.2, -0.15) is 0 Å². The van der Waals surface area contributed by atoms with Crippen LogP contribution < -0.4 is 14.8 Å². The molecule has 0 saturated carbocycles. The Morgan fingerprint density at radius 1 is 0.615 bits per heavy atom. The van der Waals surface area contributed by atoms with Crippen molar-refractivity contribution in [3.63, 3.8) is 0 Å². The number of rotatable bonds is 11. The second kappa shape index (κ2) is 15.7. The van der Waals surface area contributed by atoms with E-state index in [0.29, 0.717) is 19.3 Å². The first kappa shape index (κ1) is 28.4. The number of likely N-dealkylation sites (tertiary alicyclic amines) is 1. The first-order valence-corrected chi connectivity index (χ1v) is 14.3. The molecule has 0 atom stereocenters. The first-order valence-electron chi connectivity index (χ1n) is 14.3. The standard InChI is InChI=1S/C33H36N2O2.C2H6/c1-4-10-27(11-5-1)24-35-20-18-31(19-21-35)34-23-30-16-17-32(36-25-28-12-6-2-7-13-28)33(22-30)37-26-29-14-8-3-9-15-29;1-2/h1-17,22,31,34H,18-21,23-26H2;1-2H3. The summed E-state index contributed by atoms with van der Waals surface area (Å²) in [5, 5.41) is 3.78. The zero-order valence-electron chi connectivity index (χ0n) is 23.4. The zero-order valence-corrected chi connectivity index (χ0v) is 23.4. The molecule has 4 heteroatoms. The molecule has 0 unspecified atom stereocenters. The molecule has 1 heterocycles. The van der Waals surface area contributed by atoms with Gasteiger partial charge in [0.25, 0.3) is 0 Å². The van der Waals surface area contributed by atoms with Gasteiger partial charge < -0.3 is 14.8 Å². The highest BCUT2D eigenvalue weighted by molar-refractivity contribution is 5.43. The molecule has 0 aromatic heterocycles. The minimum atomic E-state index is 0.513. The number of nitrogens with zero attached hydrogens (tertiary/aromatic N) is 1. The minimum absolute atomic E-state index is 0.513. The van der Waals surface area contributed by atoms with Crippen LogP contribution >= 0.6 is 0 Å². The molecule has 1 aliphatic heterocycles. The number of ether oxygens (including phenoxy) is 2. The van der Waals surface area contributed by atoms with Crippen LogP contribution in [0.1, 0.15) is 48.9 Å². The molecule has 4 aromatic carbocycles. The lowest BCUT2D eigenvalue weighted by molar-refractivity contribution is 0.190. The van der Waals surface area contributed by atoms with Gasteiger partial charge in [0.15, 0.2) is 11.5 Å². The summed E-state index contributed by atoms with van der Waals surface area (Å²) in [6, 6.07) is 38.1. The molecule has 0 bridgehead atoms. The maximum atomic E-state index is 6.26. The Morgan fingerprint density at radius 2 is 1.13 bits per heavy atom. The Balaban J connectivity index is 0.00000172. The number of piperidine rings is 1. The predicted octanol–water partition coefficient (Wildman–Crippen LogP) is 7.63. The van der Waals surface area contributed by atoms with Gasteiger partial charge in [-0.25, -0.2) is 0 Å². The number of benzene rings is 4. The lowest BCUT2D eigenvalue weighted by Gasteiger charge is -2.32. The Labute approximate surface area is 234 Å². The van der Waals surface area contributed by atoms with Crippen LogP contribution in [0.15, 0.2) is 109 Å². The summed E-state index contributed by atoms with van der Waals surface area (Å²) in [7, 11) is 0. The molecule has 0 aliphatic carbocycles. The molecule has 0 radical (unpaired) electrons. The van der Waals surface area contributed by atoms with Crippen molar-refractivity contribution >= 4 is 0 Å². The van der Waals surface area contributed by atoms with E-state index in [2.05, 4.69) is 76.9 Å². The average molecular weight is 523 g/mol. The van der Waals surface area contributed by atoms with E-state index in [1.165, 1.54) is 24.0 Å². The quantitative estimate of drug-likeness (QED) is 0.220. The highest BCUT2D eigenvalue weighted by atomic mass is 16.5. The molecule has 39 heavy (non-hydrogen) atoms. The fourth-order valence-electron chi connectivity index (χ4n) is 4.76. The van der Waals surface area contributed by atoms with Crippen molar-refractivity contribution in [3.05, 3.63) is 131 Å². The van der Waals surface area contributed by atoms with Crippen molar-refractivity contribution < 1.29 is 9.47 Å². The summed E-state index contributed by atoms with van der Waals surface area (Å²) in [6.45, 7) is 9.15. The fourth-order valence-corrected chi connectivity index (χ4v) is 4.76. The molecule has 1 saturated heterocycles. The van der Waals surface area contributed by atoms with E-state index in [1.807, 2.05) is 56.3 Å². The monoisotopic (exact) mass is 522 g/mol. The Bertz CT molecular complexity index is 1210. The normalized spacial score (nSPS) is 13.8. The molecule has 1 N–H and O–H groups in total. The summed E-state index contributed by atoms with van der Waals surface area (Å²) in [6.07, 6.45) is 2.34. The SMILES string of the molecule is CC.c1ccc(COc2ccc(CNC3CCN(Cc4ccccc4)CC3)cc2OCc2ccccc2)cc1. The molecular formula is C35H42N2O2. The topological polar surface area (TPSA) is 33.7 Å². The molecule has 1 aliphatic rings. The van der Waals surface area contributed by atoms with Crippen molar-refractivity contribution in [2.24, 2.45) is 0 Å². The van der Waals surface area contributed by atoms with Gasteiger partial charge >= 0.3 is 0 Å². The molecule has 1 fully saturated rings. The molecule has 4 nitrogen and oxygen atoms in total. The number of nitrogens with one attached hydrogen (secondary N) is 1. The van der Waals surface area contributed by atoms with E-state index >= 15 is 0 Å². The van der Waals surface area contributed by atoms with Crippen molar-refractivity contribution in [1.82, 2.24) is 10.2 Å². The summed E-state index contributed by atoms with van der Waals surface area (Å²) in [5.41, 5.74) is 4.89. The third-order valence-electron chi connectivity index (χ3n) is 6.91. The maximum absolute atomic E-state index is 6.26. The lowest BCUT2D eigenvalue weighted by Crippen LogP contribution is -2.41. The van der Waals surface area contributed by atoms with Crippen LogP contribution in [0.2, 0.25) is 0 Å². The van der Waals surface area contributed by atoms with Gasteiger partial charge in [0, 0.05) is 19.1 Å². The van der Waals surface area contributed by atoms with Gasteiger partial charge in [0.05, 0.1) is 0 Å². The fraction of sp³-hybridized carbons (Fsp3) is 0.314. The smallest absolute Gasteiger partial charge is 0.162 e. The molecule has 0 amide bonds. The van der Waals surface area contributed by atoms with Crippen molar-refractivity contribution in [2.75, 3.05) is 13.1 Å². The molecule has 0 spiro atoms. The van der Waals surface area contributed by atoms with Gasteiger partial charge in [0.1, 0.15) is 13.2 Å². The summed E-state index contributed by atoms with van der Waals surface area (Å²) in [4.78, 5) is 2.56. The van der Waals surface area contributed by atoms with Gasteiger partial charge in [0.2, 0.25) is 0 Å². The summed E-state index contributed by atoms with van der Waals surface area (Å²) in [5.74, 6) is 1.56. The van der Waals surface area contributed by atoms with Gasteiger partial charge in [-0.15, -0.1) is 0 Å². The molecule has 204 valence electrons. The summed E-state index contributed by atoms with van der Waals surface area (Å²) < 4.78 is 12.4. The van der Waals surface area contributed by atoms with Crippen molar-refractivity contribution in [2.45, 2.75) is 59.0 Å². The van der Waals surface area contributed by atoms with E-state index in [4.69, 9.17) is 9.47 Å².